The Hall–Kier alpha value is -1.47. The smallest absolute Gasteiger partial charge is 0.224 e. The van der Waals surface area contributed by atoms with Gasteiger partial charge in [-0.1, -0.05) is 30.3 Å². The molecule has 0 aromatic heterocycles. The molecule has 1 amide bonds. The van der Waals surface area contributed by atoms with Crippen molar-refractivity contribution < 1.29 is 9.53 Å². The van der Waals surface area contributed by atoms with E-state index in [2.05, 4.69) is 64.4 Å². The second-order valence-corrected chi connectivity index (χ2v) is 9.15. The van der Waals surface area contributed by atoms with Gasteiger partial charge in [0.05, 0.1) is 19.1 Å². The number of morpholine rings is 1. The van der Waals surface area contributed by atoms with Gasteiger partial charge in [-0.05, 0) is 51.4 Å². The first-order chi connectivity index (χ1) is 14.6. The van der Waals surface area contributed by atoms with Crippen molar-refractivity contribution in [3.05, 3.63) is 35.9 Å². The van der Waals surface area contributed by atoms with Crippen LogP contribution in [0.4, 0.5) is 0 Å². The Bertz CT molecular complexity index is 619. The second kappa shape index (κ2) is 12.4. The molecular formula is C24H40N4O2. The van der Waals surface area contributed by atoms with Crippen LogP contribution in [0, 0.1) is 11.8 Å². The fourth-order valence-corrected chi connectivity index (χ4v) is 4.64. The normalized spacial score (nSPS) is 23.6. The van der Waals surface area contributed by atoms with E-state index >= 15 is 0 Å². The number of ether oxygens (including phenoxy) is 1. The highest BCUT2D eigenvalue weighted by molar-refractivity contribution is 5.79. The Morgan fingerprint density at radius 2 is 1.90 bits per heavy atom. The highest BCUT2D eigenvalue weighted by atomic mass is 16.5. The highest BCUT2D eigenvalue weighted by Crippen LogP contribution is 2.24. The monoisotopic (exact) mass is 416 g/mol. The first kappa shape index (κ1) is 23.2. The van der Waals surface area contributed by atoms with Crippen LogP contribution in [0.1, 0.15) is 18.4 Å². The lowest BCUT2D eigenvalue weighted by Gasteiger charge is -2.40. The van der Waals surface area contributed by atoms with E-state index in [1.165, 1.54) is 5.56 Å². The number of nitrogens with one attached hydrogen (secondary N) is 1. The van der Waals surface area contributed by atoms with Gasteiger partial charge in [0.2, 0.25) is 5.91 Å². The van der Waals surface area contributed by atoms with E-state index in [-0.39, 0.29) is 11.8 Å². The molecule has 2 fully saturated rings. The molecule has 0 radical (unpaired) electrons. The number of benzene rings is 1. The Balaban J connectivity index is 1.54. The number of piperidine rings is 1. The zero-order valence-electron chi connectivity index (χ0n) is 18.9. The van der Waals surface area contributed by atoms with Crippen LogP contribution in [0.25, 0.3) is 0 Å². The van der Waals surface area contributed by atoms with E-state index in [1.807, 2.05) is 0 Å². The van der Waals surface area contributed by atoms with Crippen molar-refractivity contribution >= 4 is 5.91 Å². The van der Waals surface area contributed by atoms with Crippen molar-refractivity contribution in [1.82, 2.24) is 20.0 Å². The van der Waals surface area contributed by atoms with Crippen LogP contribution in [0.15, 0.2) is 30.3 Å². The number of hydrogen-bond acceptors (Lipinski definition) is 5. The van der Waals surface area contributed by atoms with E-state index in [1.54, 1.807) is 0 Å². The Labute approximate surface area is 182 Å². The van der Waals surface area contributed by atoms with Gasteiger partial charge in [0.15, 0.2) is 0 Å². The summed E-state index contributed by atoms with van der Waals surface area (Å²) in [6, 6.07) is 10.7. The molecule has 0 unspecified atom stereocenters. The molecule has 2 aliphatic rings. The maximum absolute atomic E-state index is 12.9. The minimum Gasteiger partial charge on any atom is -0.379 e. The summed E-state index contributed by atoms with van der Waals surface area (Å²) in [5, 5.41) is 3.20. The molecule has 2 heterocycles. The van der Waals surface area contributed by atoms with Crippen molar-refractivity contribution in [2.75, 3.05) is 79.7 Å². The number of nitrogens with zero attached hydrogens (tertiary/aromatic N) is 3. The van der Waals surface area contributed by atoms with E-state index in [9.17, 15) is 4.79 Å². The standard InChI is InChI=1S/C24H40N4O2/c1-26(2)11-6-10-25-24(29)23-17-22(18-27-13-15-30-16-14-27)19-28(20-23)12-9-21-7-4-3-5-8-21/h3-5,7-8,22-23H,6,9-20H2,1-2H3,(H,25,29)/t22-,23-/m1/s1. The summed E-state index contributed by atoms with van der Waals surface area (Å²) in [5.74, 6) is 0.884. The van der Waals surface area contributed by atoms with Gasteiger partial charge < -0.3 is 19.9 Å². The lowest BCUT2D eigenvalue weighted by atomic mass is 9.87. The SMILES string of the molecule is CN(C)CCCNC(=O)[C@@H]1C[C@H](CN2CCOCC2)CN(CCc2ccccc2)C1. The van der Waals surface area contributed by atoms with Crippen LogP contribution >= 0.6 is 0 Å². The lowest BCUT2D eigenvalue weighted by molar-refractivity contribution is -0.127. The molecule has 6 nitrogen and oxygen atoms in total. The molecule has 0 bridgehead atoms. The average Bonchev–Trinajstić information content (AvgIpc) is 2.76. The predicted octanol–water partition coefficient (Wildman–Crippen LogP) is 1.57. The molecule has 30 heavy (non-hydrogen) atoms. The quantitative estimate of drug-likeness (QED) is 0.587. The topological polar surface area (TPSA) is 48.1 Å². The van der Waals surface area contributed by atoms with Gasteiger partial charge >= 0.3 is 0 Å². The number of carbonyl (C=O) groups is 1. The first-order valence-electron chi connectivity index (χ1n) is 11.6. The number of carbonyl (C=O) groups excluding carboxylic acids is 1. The van der Waals surface area contributed by atoms with Crippen molar-refractivity contribution in [2.45, 2.75) is 19.3 Å². The van der Waals surface area contributed by atoms with Gasteiger partial charge in [-0.15, -0.1) is 0 Å². The molecule has 6 heteroatoms. The van der Waals surface area contributed by atoms with E-state index in [0.717, 1.165) is 84.8 Å². The van der Waals surface area contributed by atoms with Crippen LogP contribution in [-0.2, 0) is 16.0 Å². The third-order valence-electron chi connectivity index (χ3n) is 6.24. The number of amides is 1. The zero-order chi connectivity index (χ0) is 21.2. The Morgan fingerprint density at radius 1 is 1.13 bits per heavy atom. The van der Waals surface area contributed by atoms with Gasteiger partial charge in [-0.2, -0.15) is 0 Å². The van der Waals surface area contributed by atoms with Crippen molar-refractivity contribution in [3.63, 3.8) is 0 Å². The Morgan fingerprint density at radius 3 is 2.63 bits per heavy atom. The fourth-order valence-electron chi connectivity index (χ4n) is 4.64. The molecule has 1 aromatic rings. The second-order valence-electron chi connectivity index (χ2n) is 9.15. The summed E-state index contributed by atoms with van der Waals surface area (Å²) in [4.78, 5) is 20.1. The molecular weight excluding hydrogens is 376 g/mol. The lowest BCUT2D eigenvalue weighted by Crippen LogP contribution is -2.50. The summed E-state index contributed by atoms with van der Waals surface area (Å²) in [5.41, 5.74) is 1.37. The molecule has 2 atom stereocenters. The maximum Gasteiger partial charge on any atom is 0.224 e. The third-order valence-corrected chi connectivity index (χ3v) is 6.24. The summed E-state index contributed by atoms with van der Waals surface area (Å²) in [7, 11) is 4.15. The molecule has 1 aromatic carbocycles. The van der Waals surface area contributed by atoms with Crippen LogP contribution in [-0.4, -0.2) is 100 Å². The van der Waals surface area contributed by atoms with Crippen LogP contribution in [0.3, 0.4) is 0 Å². The maximum atomic E-state index is 12.9. The van der Waals surface area contributed by atoms with Gasteiger partial charge in [0, 0.05) is 45.8 Å². The van der Waals surface area contributed by atoms with Crippen molar-refractivity contribution in [1.29, 1.82) is 0 Å². The summed E-state index contributed by atoms with van der Waals surface area (Å²) < 4.78 is 5.51. The van der Waals surface area contributed by atoms with Crippen LogP contribution in [0.2, 0.25) is 0 Å². The molecule has 2 saturated heterocycles. The Kier molecular flexibility index (Phi) is 9.59. The van der Waals surface area contributed by atoms with E-state index in [0.29, 0.717) is 5.92 Å². The fraction of sp³-hybridized carbons (Fsp3) is 0.708. The first-order valence-corrected chi connectivity index (χ1v) is 11.6. The summed E-state index contributed by atoms with van der Waals surface area (Å²) >= 11 is 0. The minimum absolute atomic E-state index is 0.0971. The van der Waals surface area contributed by atoms with Crippen LogP contribution < -0.4 is 5.32 Å². The van der Waals surface area contributed by atoms with E-state index in [4.69, 9.17) is 4.74 Å². The van der Waals surface area contributed by atoms with E-state index < -0.39 is 0 Å². The molecule has 0 aliphatic carbocycles. The van der Waals surface area contributed by atoms with Crippen molar-refractivity contribution in [3.8, 4) is 0 Å². The average molecular weight is 417 g/mol. The van der Waals surface area contributed by atoms with Gasteiger partial charge in [0.1, 0.15) is 0 Å². The predicted molar refractivity (Wildman–Crippen MR) is 122 cm³/mol. The van der Waals surface area contributed by atoms with Gasteiger partial charge in [-0.25, -0.2) is 0 Å². The number of rotatable bonds is 10. The minimum atomic E-state index is 0.0971. The summed E-state index contributed by atoms with van der Waals surface area (Å²) in [6.07, 6.45) is 3.04. The molecule has 1 N–H and O–H groups in total. The largest absolute Gasteiger partial charge is 0.379 e. The third kappa shape index (κ3) is 7.99. The molecule has 0 spiro atoms. The van der Waals surface area contributed by atoms with Crippen molar-refractivity contribution in [2.24, 2.45) is 11.8 Å². The zero-order valence-corrected chi connectivity index (χ0v) is 18.9. The van der Waals surface area contributed by atoms with Gasteiger partial charge in [0.25, 0.3) is 0 Å². The molecule has 2 aliphatic heterocycles. The summed E-state index contributed by atoms with van der Waals surface area (Å²) in [6.45, 7) is 9.55. The highest BCUT2D eigenvalue weighted by Gasteiger charge is 2.32. The molecule has 3 rings (SSSR count). The van der Waals surface area contributed by atoms with Crippen LogP contribution in [0.5, 0.6) is 0 Å². The number of likely N-dealkylation sites (tertiary alicyclic amines) is 1. The van der Waals surface area contributed by atoms with Gasteiger partial charge in [-0.3, -0.25) is 9.69 Å². The number of hydrogen-bond donors (Lipinski definition) is 1. The molecule has 168 valence electrons. The molecule has 0 saturated carbocycles.